The molecule has 3 aromatic carbocycles. The number of carbonyl (C=O) groups excluding carboxylic acids is 1. The molecule has 1 aromatic heterocycles. The van der Waals surface area contributed by atoms with E-state index in [1.807, 2.05) is 66.0 Å². The van der Waals surface area contributed by atoms with Crippen LogP contribution in [0.3, 0.4) is 0 Å². The van der Waals surface area contributed by atoms with Crippen LogP contribution in [0.4, 0.5) is 0 Å². The normalized spacial score (nSPS) is 15.3. The van der Waals surface area contributed by atoms with Gasteiger partial charge in [0.1, 0.15) is 0 Å². The fraction of sp³-hybridized carbons (Fsp3) is 0.258. The molecule has 37 heavy (non-hydrogen) atoms. The molecular weight excluding hydrogens is 458 g/mol. The summed E-state index contributed by atoms with van der Waals surface area (Å²) in [6.07, 6.45) is 5.46. The molecule has 0 radical (unpaired) electrons. The molecule has 5 rings (SSSR count). The third-order valence-electron chi connectivity index (χ3n) is 7.06. The van der Waals surface area contributed by atoms with Gasteiger partial charge in [-0.05, 0) is 41.7 Å². The maximum atomic E-state index is 13.6. The molecule has 6 nitrogen and oxygen atoms in total. The van der Waals surface area contributed by atoms with Gasteiger partial charge in [0, 0.05) is 38.9 Å². The number of benzene rings is 3. The lowest BCUT2D eigenvalue weighted by Crippen LogP contribution is -2.42. The number of amides is 1. The van der Waals surface area contributed by atoms with Crippen LogP contribution in [0.2, 0.25) is 0 Å². The highest BCUT2D eigenvalue weighted by Gasteiger charge is 2.36. The maximum absolute atomic E-state index is 13.6. The van der Waals surface area contributed by atoms with E-state index in [1.54, 1.807) is 0 Å². The third-order valence-corrected chi connectivity index (χ3v) is 7.06. The molecule has 0 N–H and O–H groups in total. The quantitative estimate of drug-likeness (QED) is 0.325. The number of hydrogen-bond acceptors (Lipinski definition) is 4. The summed E-state index contributed by atoms with van der Waals surface area (Å²) < 4.78 is 2.14. The Morgan fingerprint density at radius 2 is 1.57 bits per heavy atom. The number of likely N-dealkylation sites (tertiary alicyclic amines) is 1. The Hall–Kier alpha value is -4.21. The zero-order valence-electron chi connectivity index (χ0n) is 20.9. The van der Waals surface area contributed by atoms with Gasteiger partial charge >= 0.3 is 0 Å². The molecule has 0 unspecified atom stereocenters. The summed E-state index contributed by atoms with van der Waals surface area (Å²) in [4.78, 5) is 22.3. The summed E-state index contributed by atoms with van der Waals surface area (Å²) >= 11 is 0. The number of rotatable bonds is 10. The van der Waals surface area contributed by atoms with Crippen LogP contribution in [0.5, 0.6) is 0 Å². The van der Waals surface area contributed by atoms with Crippen LogP contribution in [0.15, 0.2) is 97.5 Å². The average Bonchev–Trinajstić information content (AvgIpc) is 3.53. The molecule has 186 valence electrons. The monoisotopic (exact) mass is 489 g/mol. The number of imidazole rings is 1. The molecule has 6 heteroatoms. The van der Waals surface area contributed by atoms with Gasteiger partial charge in [-0.15, -0.1) is 0 Å². The van der Waals surface area contributed by atoms with Crippen LogP contribution in [0.25, 0.3) is 0 Å². The van der Waals surface area contributed by atoms with Crippen molar-refractivity contribution in [1.29, 1.82) is 5.26 Å². The van der Waals surface area contributed by atoms with Gasteiger partial charge in [0.25, 0.3) is 0 Å². The van der Waals surface area contributed by atoms with E-state index >= 15 is 0 Å². The maximum Gasteiger partial charge on any atom is 0.240 e. The molecule has 1 aliphatic rings. The molecule has 1 saturated heterocycles. The summed E-state index contributed by atoms with van der Waals surface area (Å²) in [5.41, 5.74) is 5.27. The molecule has 0 saturated carbocycles. The molecular formula is C31H31N5O. The first-order chi connectivity index (χ1) is 18.2. The van der Waals surface area contributed by atoms with Crippen molar-refractivity contribution in [3.8, 4) is 6.07 Å². The van der Waals surface area contributed by atoms with Crippen LogP contribution >= 0.6 is 0 Å². The van der Waals surface area contributed by atoms with E-state index in [-0.39, 0.29) is 11.9 Å². The van der Waals surface area contributed by atoms with E-state index in [9.17, 15) is 4.79 Å². The predicted octanol–water partition coefficient (Wildman–Crippen LogP) is 4.65. The van der Waals surface area contributed by atoms with E-state index in [4.69, 9.17) is 5.26 Å². The molecule has 0 spiro atoms. The van der Waals surface area contributed by atoms with Gasteiger partial charge in [0.15, 0.2) is 0 Å². The Kier molecular flexibility index (Phi) is 7.73. The van der Waals surface area contributed by atoms with Crippen LogP contribution in [0.1, 0.15) is 34.4 Å². The van der Waals surface area contributed by atoms with E-state index in [2.05, 4.69) is 56.9 Å². The molecule has 2 heterocycles. The lowest BCUT2D eigenvalue weighted by Gasteiger charge is -2.28. The van der Waals surface area contributed by atoms with Gasteiger partial charge in [-0.25, -0.2) is 4.98 Å². The minimum Gasteiger partial charge on any atom is -0.337 e. The highest BCUT2D eigenvalue weighted by molar-refractivity contribution is 5.84. The van der Waals surface area contributed by atoms with Crippen LogP contribution in [-0.4, -0.2) is 44.4 Å². The lowest BCUT2D eigenvalue weighted by molar-refractivity contribution is -0.132. The van der Waals surface area contributed by atoms with Crippen molar-refractivity contribution in [2.24, 2.45) is 0 Å². The van der Waals surface area contributed by atoms with E-state index in [1.165, 1.54) is 5.56 Å². The van der Waals surface area contributed by atoms with Crippen LogP contribution in [0, 0.1) is 11.3 Å². The standard InChI is InChI=1S/C31H31N5O/c32-19-26-11-13-28(14-12-26)22-36-24-33-20-29(36)23-34(17-15-25-7-3-1-4-8-25)30-16-18-35(31(30)37)21-27-9-5-2-6-10-27/h1-14,20,24,30H,15-18,21-23H2/t30-/m1/s1. The average molecular weight is 490 g/mol. The van der Waals surface area contributed by atoms with Crippen molar-refractivity contribution in [1.82, 2.24) is 19.4 Å². The second-order valence-electron chi connectivity index (χ2n) is 9.58. The first-order valence-electron chi connectivity index (χ1n) is 12.8. The van der Waals surface area contributed by atoms with Gasteiger partial charge in [-0.1, -0.05) is 72.8 Å². The van der Waals surface area contributed by atoms with Gasteiger partial charge in [0.2, 0.25) is 5.91 Å². The molecule has 0 bridgehead atoms. The molecule has 0 aliphatic carbocycles. The second kappa shape index (κ2) is 11.7. The van der Waals surface area contributed by atoms with Crippen LogP contribution < -0.4 is 0 Å². The Morgan fingerprint density at radius 1 is 0.892 bits per heavy atom. The highest BCUT2D eigenvalue weighted by Crippen LogP contribution is 2.23. The molecule has 1 fully saturated rings. The zero-order chi connectivity index (χ0) is 25.5. The van der Waals surface area contributed by atoms with Crippen molar-refractivity contribution in [2.75, 3.05) is 13.1 Å². The molecule has 1 amide bonds. The fourth-order valence-corrected chi connectivity index (χ4v) is 5.00. The molecule has 1 aliphatic heterocycles. The summed E-state index contributed by atoms with van der Waals surface area (Å²) in [7, 11) is 0. The van der Waals surface area contributed by atoms with Crippen molar-refractivity contribution < 1.29 is 4.79 Å². The Balaban J connectivity index is 1.32. The van der Waals surface area contributed by atoms with Crippen molar-refractivity contribution in [2.45, 2.75) is 38.5 Å². The summed E-state index contributed by atoms with van der Waals surface area (Å²) in [6, 6.07) is 30.3. The summed E-state index contributed by atoms with van der Waals surface area (Å²) in [5.74, 6) is 0.204. The largest absolute Gasteiger partial charge is 0.337 e. The number of carbonyl (C=O) groups is 1. The molecule has 4 aromatic rings. The third kappa shape index (κ3) is 6.14. The lowest BCUT2D eigenvalue weighted by atomic mass is 10.1. The minimum atomic E-state index is -0.148. The first kappa shape index (κ1) is 24.5. The summed E-state index contributed by atoms with van der Waals surface area (Å²) in [5, 5.41) is 9.09. The minimum absolute atomic E-state index is 0.148. The van der Waals surface area contributed by atoms with E-state index in [0.717, 1.165) is 42.8 Å². The Labute approximate surface area is 218 Å². The van der Waals surface area contributed by atoms with Gasteiger partial charge in [0.05, 0.1) is 29.7 Å². The van der Waals surface area contributed by atoms with Crippen molar-refractivity contribution in [3.05, 3.63) is 125 Å². The van der Waals surface area contributed by atoms with Gasteiger partial charge < -0.3 is 9.47 Å². The first-order valence-corrected chi connectivity index (χ1v) is 12.8. The SMILES string of the molecule is N#Cc1ccc(Cn2cncc2CN(CCc2ccccc2)[C@@H]2CCN(Cc3ccccc3)C2=O)cc1. The fourth-order valence-electron chi connectivity index (χ4n) is 5.00. The smallest absolute Gasteiger partial charge is 0.240 e. The van der Waals surface area contributed by atoms with Crippen molar-refractivity contribution >= 4 is 5.91 Å². The van der Waals surface area contributed by atoms with Crippen LogP contribution in [-0.2, 0) is 30.8 Å². The van der Waals surface area contributed by atoms with Gasteiger partial charge in [-0.3, -0.25) is 9.69 Å². The zero-order valence-corrected chi connectivity index (χ0v) is 20.9. The highest BCUT2D eigenvalue weighted by atomic mass is 16.2. The predicted molar refractivity (Wildman–Crippen MR) is 143 cm³/mol. The number of nitrogens with zero attached hydrogens (tertiary/aromatic N) is 5. The van der Waals surface area contributed by atoms with Crippen molar-refractivity contribution in [3.63, 3.8) is 0 Å². The van der Waals surface area contributed by atoms with E-state index < -0.39 is 0 Å². The molecule has 1 atom stereocenters. The number of hydrogen-bond donors (Lipinski definition) is 0. The van der Waals surface area contributed by atoms with Gasteiger partial charge in [-0.2, -0.15) is 5.26 Å². The number of nitriles is 1. The summed E-state index contributed by atoms with van der Waals surface area (Å²) in [6.45, 7) is 3.54. The Bertz CT molecular complexity index is 1340. The Morgan fingerprint density at radius 3 is 2.27 bits per heavy atom. The van der Waals surface area contributed by atoms with E-state index in [0.29, 0.717) is 25.2 Å². The second-order valence-corrected chi connectivity index (χ2v) is 9.58. The topological polar surface area (TPSA) is 65.2 Å². The number of aromatic nitrogens is 2.